The zero-order chi connectivity index (χ0) is 22.5. The molecule has 5 heteroatoms. The number of rotatable bonds is 7. The topological polar surface area (TPSA) is 35.0 Å². The number of aryl methyl sites for hydroxylation is 1. The van der Waals surface area contributed by atoms with Crippen LogP contribution in [0.4, 0.5) is 8.78 Å². The van der Waals surface area contributed by atoms with Crippen LogP contribution in [0.5, 0.6) is 0 Å². The van der Waals surface area contributed by atoms with Crippen molar-refractivity contribution in [1.29, 1.82) is 0 Å². The first-order chi connectivity index (χ1) is 15.6. The van der Waals surface area contributed by atoms with Gasteiger partial charge in [0.2, 0.25) is 0 Å². The third-order valence-electron chi connectivity index (χ3n) is 7.36. The Morgan fingerprint density at radius 2 is 1.41 bits per heavy atom. The molecule has 174 valence electrons. The Morgan fingerprint density at radius 1 is 0.812 bits per heavy atom. The molecule has 1 saturated heterocycles. The second kappa shape index (κ2) is 10.8. The molecule has 0 bridgehead atoms. The molecule has 0 radical (unpaired) electrons. The van der Waals surface area contributed by atoms with Crippen molar-refractivity contribution in [2.75, 3.05) is 6.61 Å². The summed E-state index contributed by atoms with van der Waals surface area (Å²) in [5.41, 5.74) is 2.19. The highest BCUT2D eigenvalue weighted by Crippen LogP contribution is 2.42. The highest BCUT2D eigenvalue weighted by molar-refractivity contribution is 5.32. The smallest absolute Gasteiger partial charge is 0.162 e. The van der Waals surface area contributed by atoms with Crippen LogP contribution in [0, 0.1) is 11.6 Å². The summed E-state index contributed by atoms with van der Waals surface area (Å²) in [4.78, 5) is 9.15. The molecule has 1 aromatic heterocycles. The first-order valence-corrected chi connectivity index (χ1v) is 12.5. The van der Waals surface area contributed by atoms with Gasteiger partial charge < -0.3 is 4.74 Å². The van der Waals surface area contributed by atoms with Crippen molar-refractivity contribution in [1.82, 2.24) is 9.97 Å². The van der Waals surface area contributed by atoms with E-state index in [1.165, 1.54) is 5.56 Å². The zero-order valence-electron chi connectivity index (χ0n) is 19.5. The molecule has 1 aromatic carbocycles. The number of halogens is 2. The van der Waals surface area contributed by atoms with Gasteiger partial charge in [0, 0.05) is 24.2 Å². The maximum atomic E-state index is 15.1. The van der Waals surface area contributed by atoms with Crippen LogP contribution < -0.4 is 0 Å². The number of hydrogen-bond donors (Lipinski definition) is 0. The summed E-state index contributed by atoms with van der Waals surface area (Å²) in [6.07, 6.45) is 13.6. The number of ether oxygens (including phenoxy) is 1. The quantitative estimate of drug-likeness (QED) is 0.454. The van der Waals surface area contributed by atoms with E-state index in [2.05, 4.69) is 23.8 Å². The highest BCUT2D eigenvalue weighted by Gasteiger charge is 2.30. The summed E-state index contributed by atoms with van der Waals surface area (Å²) in [5, 5.41) is 0. The van der Waals surface area contributed by atoms with Gasteiger partial charge in [-0.1, -0.05) is 38.8 Å². The van der Waals surface area contributed by atoms with E-state index in [1.54, 1.807) is 0 Å². The van der Waals surface area contributed by atoms with Crippen LogP contribution in [0.1, 0.15) is 112 Å². The minimum atomic E-state index is -0.665. The summed E-state index contributed by atoms with van der Waals surface area (Å²) in [5.74, 6) is -0.0988. The molecule has 1 saturated carbocycles. The van der Waals surface area contributed by atoms with Crippen LogP contribution in [0.25, 0.3) is 0 Å². The van der Waals surface area contributed by atoms with Gasteiger partial charge in [0.25, 0.3) is 0 Å². The number of aromatic nitrogens is 2. The predicted molar refractivity (Wildman–Crippen MR) is 123 cm³/mol. The molecule has 4 rings (SSSR count). The van der Waals surface area contributed by atoms with E-state index in [4.69, 9.17) is 4.74 Å². The van der Waals surface area contributed by atoms with E-state index >= 15 is 8.78 Å². The average molecular weight is 443 g/mol. The molecule has 2 unspecified atom stereocenters. The van der Waals surface area contributed by atoms with Crippen molar-refractivity contribution in [3.05, 3.63) is 58.7 Å². The van der Waals surface area contributed by atoms with E-state index in [0.29, 0.717) is 23.7 Å². The highest BCUT2D eigenvalue weighted by atomic mass is 19.2. The van der Waals surface area contributed by atoms with Gasteiger partial charge in [-0.3, -0.25) is 0 Å². The largest absolute Gasteiger partial charge is 0.378 e. The fourth-order valence-electron chi connectivity index (χ4n) is 5.47. The lowest BCUT2D eigenvalue weighted by Gasteiger charge is -2.31. The number of hydrogen-bond acceptors (Lipinski definition) is 3. The van der Waals surface area contributed by atoms with Gasteiger partial charge in [-0.25, -0.2) is 18.7 Å². The SMILES string of the molecule is CCCc1cnc(C2CCC(c3ccc(C4CCC(CCC)OC4)c(F)c3F)CC2)nc1. The molecular weight excluding hydrogens is 406 g/mol. The molecule has 0 spiro atoms. The summed E-state index contributed by atoms with van der Waals surface area (Å²) in [7, 11) is 0. The Labute approximate surface area is 191 Å². The Kier molecular flexibility index (Phi) is 7.88. The van der Waals surface area contributed by atoms with Crippen molar-refractivity contribution in [3.63, 3.8) is 0 Å². The lowest BCUT2D eigenvalue weighted by Crippen LogP contribution is -2.25. The summed E-state index contributed by atoms with van der Waals surface area (Å²) >= 11 is 0. The van der Waals surface area contributed by atoms with E-state index in [-0.39, 0.29) is 17.9 Å². The van der Waals surface area contributed by atoms with Crippen LogP contribution >= 0.6 is 0 Å². The molecule has 2 atom stereocenters. The molecule has 2 aliphatic rings. The zero-order valence-corrected chi connectivity index (χ0v) is 19.5. The van der Waals surface area contributed by atoms with Crippen molar-refractivity contribution in [2.24, 2.45) is 0 Å². The maximum Gasteiger partial charge on any atom is 0.162 e. The standard InChI is InChI=1S/C27H36F2N2O/c1-3-5-18-15-30-27(31-16-18)20-9-7-19(8-10-20)23-13-14-24(26(29)25(23)28)21-11-12-22(6-4-2)32-17-21/h13-16,19-22H,3-12,17H2,1-2H3. The minimum Gasteiger partial charge on any atom is -0.378 e. The third-order valence-corrected chi connectivity index (χ3v) is 7.36. The van der Waals surface area contributed by atoms with E-state index < -0.39 is 11.6 Å². The second-order valence-corrected chi connectivity index (χ2v) is 9.64. The van der Waals surface area contributed by atoms with Gasteiger partial charge in [-0.05, 0) is 74.0 Å². The fraction of sp³-hybridized carbons (Fsp3) is 0.630. The van der Waals surface area contributed by atoms with Crippen molar-refractivity contribution in [3.8, 4) is 0 Å². The summed E-state index contributed by atoms with van der Waals surface area (Å²) in [6, 6.07) is 3.64. The van der Waals surface area contributed by atoms with E-state index in [0.717, 1.165) is 70.0 Å². The maximum absolute atomic E-state index is 15.1. The van der Waals surface area contributed by atoms with Crippen LogP contribution in [0.3, 0.4) is 0 Å². The van der Waals surface area contributed by atoms with Crippen molar-refractivity contribution in [2.45, 2.75) is 102 Å². The molecule has 0 N–H and O–H groups in total. The Balaban J connectivity index is 1.38. The molecule has 2 heterocycles. The molecule has 1 aliphatic carbocycles. The van der Waals surface area contributed by atoms with Crippen molar-refractivity contribution >= 4 is 0 Å². The molecule has 0 amide bonds. The van der Waals surface area contributed by atoms with E-state index in [1.807, 2.05) is 24.5 Å². The van der Waals surface area contributed by atoms with Crippen LogP contribution in [0.2, 0.25) is 0 Å². The fourth-order valence-corrected chi connectivity index (χ4v) is 5.47. The lowest BCUT2D eigenvalue weighted by atomic mass is 9.77. The summed E-state index contributed by atoms with van der Waals surface area (Å²) < 4.78 is 36.0. The van der Waals surface area contributed by atoms with Crippen LogP contribution in [-0.2, 0) is 11.2 Å². The first kappa shape index (κ1) is 23.3. The van der Waals surface area contributed by atoms with Gasteiger partial charge in [-0.15, -0.1) is 0 Å². The Hall–Kier alpha value is -1.88. The van der Waals surface area contributed by atoms with Gasteiger partial charge in [0.1, 0.15) is 5.82 Å². The van der Waals surface area contributed by atoms with Gasteiger partial charge >= 0.3 is 0 Å². The number of benzene rings is 1. The molecular formula is C27H36F2N2O. The third kappa shape index (κ3) is 5.19. The van der Waals surface area contributed by atoms with Crippen molar-refractivity contribution < 1.29 is 13.5 Å². The molecule has 3 nitrogen and oxygen atoms in total. The predicted octanol–water partition coefficient (Wildman–Crippen LogP) is 7.21. The van der Waals surface area contributed by atoms with E-state index in [9.17, 15) is 0 Å². The van der Waals surface area contributed by atoms with Crippen LogP contribution in [0.15, 0.2) is 24.5 Å². The Bertz CT molecular complexity index is 870. The second-order valence-electron chi connectivity index (χ2n) is 9.64. The minimum absolute atomic E-state index is 0.0461. The Morgan fingerprint density at radius 3 is 1.97 bits per heavy atom. The van der Waals surface area contributed by atoms with Gasteiger partial charge in [0.15, 0.2) is 11.6 Å². The average Bonchev–Trinajstić information content (AvgIpc) is 2.83. The lowest BCUT2D eigenvalue weighted by molar-refractivity contribution is -0.00183. The normalized spacial score (nSPS) is 26.2. The molecule has 2 aromatic rings. The molecule has 2 fully saturated rings. The summed E-state index contributed by atoms with van der Waals surface area (Å²) in [6.45, 7) is 4.78. The monoisotopic (exact) mass is 442 g/mol. The van der Waals surface area contributed by atoms with Gasteiger partial charge in [0.05, 0.1) is 12.7 Å². The molecule has 32 heavy (non-hydrogen) atoms. The molecule has 1 aliphatic heterocycles. The van der Waals surface area contributed by atoms with Crippen LogP contribution in [-0.4, -0.2) is 22.7 Å². The first-order valence-electron chi connectivity index (χ1n) is 12.5. The number of nitrogens with zero attached hydrogens (tertiary/aromatic N) is 2. The van der Waals surface area contributed by atoms with Gasteiger partial charge in [-0.2, -0.15) is 0 Å².